The molecule has 1 unspecified atom stereocenters. The Labute approximate surface area is 184 Å². The molecule has 2 aromatic rings. The van der Waals surface area contributed by atoms with E-state index in [9.17, 15) is 26.8 Å². The molecule has 1 aliphatic heterocycles. The summed E-state index contributed by atoms with van der Waals surface area (Å²) < 4.78 is 58.6. The Bertz CT molecular complexity index is 1070. The summed E-state index contributed by atoms with van der Waals surface area (Å²) in [7, 11) is -3.99. The van der Waals surface area contributed by atoms with E-state index in [2.05, 4.69) is 10.9 Å². The Morgan fingerprint density at radius 3 is 2.28 bits per heavy atom. The first-order valence-electron chi connectivity index (χ1n) is 9.95. The fourth-order valence-corrected chi connectivity index (χ4v) is 4.78. The molecule has 3 rings (SSSR count). The minimum atomic E-state index is -3.99. The SMILES string of the molecule is CC(Oc1ccc(F)cc1)C(=O)NNC(=O)C1CCN(S(=O)(=O)c2ccccc2F)CC1. The third-order valence-electron chi connectivity index (χ3n) is 5.08. The highest BCUT2D eigenvalue weighted by Gasteiger charge is 2.33. The van der Waals surface area contributed by atoms with Gasteiger partial charge in [0.2, 0.25) is 15.9 Å². The lowest BCUT2D eigenvalue weighted by Gasteiger charge is -2.30. The van der Waals surface area contributed by atoms with Gasteiger partial charge in [-0.15, -0.1) is 0 Å². The van der Waals surface area contributed by atoms with E-state index in [4.69, 9.17) is 4.74 Å². The van der Waals surface area contributed by atoms with Gasteiger partial charge in [0.05, 0.1) is 0 Å². The second-order valence-electron chi connectivity index (χ2n) is 7.30. The van der Waals surface area contributed by atoms with Gasteiger partial charge in [-0.05, 0) is 56.2 Å². The summed E-state index contributed by atoms with van der Waals surface area (Å²) >= 11 is 0. The Morgan fingerprint density at radius 1 is 1.03 bits per heavy atom. The molecule has 32 heavy (non-hydrogen) atoms. The largest absolute Gasteiger partial charge is 0.481 e. The van der Waals surface area contributed by atoms with Gasteiger partial charge in [0.15, 0.2) is 6.10 Å². The lowest BCUT2D eigenvalue weighted by molar-refractivity contribution is -0.134. The predicted molar refractivity (Wildman–Crippen MR) is 111 cm³/mol. The van der Waals surface area contributed by atoms with Crippen molar-refractivity contribution >= 4 is 21.8 Å². The van der Waals surface area contributed by atoms with Crippen LogP contribution < -0.4 is 15.6 Å². The molecule has 2 N–H and O–H groups in total. The van der Waals surface area contributed by atoms with Gasteiger partial charge < -0.3 is 4.74 Å². The number of piperidine rings is 1. The monoisotopic (exact) mass is 467 g/mol. The zero-order chi connectivity index (χ0) is 23.3. The number of rotatable bonds is 6. The molecule has 172 valence electrons. The van der Waals surface area contributed by atoms with Crippen LogP contribution in [0.3, 0.4) is 0 Å². The Hall–Kier alpha value is -3.05. The van der Waals surface area contributed by atoms with Gasteiger partial charge in [-0.25, -0.2) is 17.2 Å². The molecule has 0 radical (unpaired) electrons. The van der Waals surface area contributed by atoms with Crippen LogP contribution >= 0.6 is 0 Å². The average molecular weight is 467 g/mol. The number of sulfonamides is 1. The highest BCUT2D eigenvalue weighted by atomic mass is 32.2. The first-order chi connectivity index (χ1) is 15.2. The second kappa shape index (κ2) is 10.0. The molecular weight excluding hydrogens is 444 g/mol. The van der Waals surface area contributed by atoms with Crippen molar-refractivity contribution in [3.63, 3.8) is 0 Å². The summed E-state index contributed by atoms with van der Waals surface area (Å²) in [5.74, 6) is -2.56. The number of hydrazine groups is 1. The number of carbonyl (C=O) groups is 2. The van der Waals surface area contributed by atoms with Gasteiger partial charge in [0.25, 0.3) is 5.91 Å². The van der Waals surface area contributed by atoms with E-state index in [0.717, 1.165) is 10.4 Å². The van der Waals surface area contributed by atoms with Crippen molar-refractivity contribution in [1.82, 2.24) is 15.2 Å². The van der Waals surface area contributed by atoms with Crippen molar-refractivity contribution in [3.8, 4) is 5.75 Å². The number of nitrogens with zero attached hydrogens (tertiary/aromatic N) is 1. The lowest BCUT2D eigenvalue weighted by Crippen LogP contribution is -2.51. The van der Waals surface area contributed by atoms with Gasteiger partial charge in [0.1, 0.15) is 22.3 Å². The highest BCUT2D eigenvalue weighted by Crippen LogP contribution is 2.25. The van der Waals surface area contributed by atoms with E-state index in [1.54, 1.807) is 0 Å². The van der Waals surface area contributed by atoms with Crippen molar-refractivity contribution in [3.05, 3.63) is 60.2 Å². The van der Waals surface area contributed by atoms with Crippen molar-refractivity contribution < 1.29 is 31.5 Å². The maximum Gasteiger partial charge on any atom is 0.279 e. The van der Waals surface area contributed by atoms with Crippen LogP contribution in [0.1, 0.15) is 19.8 Å². The van der Waals surface area contributed by atoms with Crippen LogP contribution in [0.5, 0.6) is 5.75 Å². The van der Waals surface area contributed by atoms with Gasteiger partial charge in [-0.3, -0.25) is 20.4 Å². The first kappa shape index (κ1) is 23.6. The Kier molecular flexibility index (Phi) is 7.41. The molecule has 1 atom stereocenters. The first-order valence-corrected chi connectivity index (χ1v) is 11.4. The van der Waals surface area contributed by atoms with Crippen molar-refractivity contribution in [2.24, 2.45) is 5.92 Å². The summed E-state index contributed by atoms with van der Waals surface area (Å²) in [6.45, 7) is 1.57. The number of halogens is 2. The number of benzene rings is 2. The van der Waals surface area contributed by atoms with E-state index in [0.29, 0.717) is 5.75 Å². The van der Waals surface area contributed by atoms with E-state index in [1.807, 2.05) is 0 Å². The number of carbonyl (C=O) groups excluding carboxylic acids is 2. The number of hydrogen-bond acceptors (Lipinski definition) is 5. The third kappa shape index (κ3) is 5.60. The molecule has 0 aliphatic carbocycles. The van der Waals surface area contributed by atoms with E-state index in [1.165, 1.54) is 49.4 Å². The maximum atomic E-state index is 13.9. The van der Waals surface area contributed by atoms with Crippen molar-refractivity contribution in [2.75, 3.05) is 13.1 Å². The van der Waals surface area contributed by atoms with Crippen LogP contribution in [0.2, 0.25) is 0 Å². The predicted octanol–water partition coefficient (Wildman–Crippen LogP) is 1.98. The molecule has 0 aromatic heterocycles. The molecule has 1 saturated heterocycles. The molecule has 11 heteroatoms. The molecule has 1 fully saturated rings. The van der Waals surface area contributed by atoms with Crippen LogP contribution in [0, 0.1) is 17.6 Å². The van der Waals surface area contributed by atoms with Crippen molar-refractivity contribution in [2.45, 2.75) is 30.8 Å². The molecule has 2 aromatic carbocycles. The minimum Gasteiger partial charge on any atom is -0.481 e. The topological polar surface area (TPSA) is 105 Å². The zero-order valence-electron chi connectivity index (χ0n) is 17.3. The number of ether oxygens (including phenoxy) is 1. The summed E-state index contributed by atoms with van der Waals surface area (Å²) in [4.78, 5) is 24.1. The minimum absolute atomic E-state index is 0.0484. The summed E-state index contributed by atoms with van der Waals surface area (Å²) in [5, 5.41) is 0. The second-order valence-corrected chi connectivity index (χ2v) is 9.21. The van der Waals surface area contributed by atoms with E-state index in [-0.39, 0.29) is 25.9 Å². The standard InChI is InChI=1S/C21H23F2N3O5S/c1-14(31-17-8-6-16(22)7-9-17)20(27)24-25-21(28)15-10-12-26(13-11-15)32(29,30)19-5-3-2-4-18(19)23/h2-9,14-15H,10-13H2,1H3,(H,24,27)(H,25,28). The van der Waals surface area contributed by atoms with Gasteiger partial charge in [-0.1, -0.05) is 12.1 Å². The zero-order valence-corrected chi connectivity index (χ0v) is 18.1. The van der Waals surface area contributed by atoms with Gasteiger partial charge in [0, 0.05) is 19.0 Å². The Balaban J connectivity index is 1.47. The number of nitrogens with one attached hydrogen (secondary N) is 2. The molecule has 0 saturated carbocycles. The lowest BCUT2D eigenvalue weighted by atomic mass is 9.98. The molecular formula is C21H23F2N3O5S. The summed E-state index contributed by atoms with van der Waals surface area (Å²) in [5.41, 5.74) is 4.58. The molecule has 0 spiro atoms. The average Bonchev–Trinajstić information content (AvgIpc) is 2.79. The normalized spacial score (nSPS) is 16.2. The van der Waals surface area contributed by atoms with E-state index >= 15 is 0 Å². The highest BCUT2D eigenvalue weighted by molar-refractivity contribution is 7.89. The maximum absolute atomic E-state index is 13.9. The Morgan fingerprint density at radius 2 is 1.66 bits per heavy atom. The fourth-order valence-electron chi connectivity index (χ4n) is 3.25. The quantitative estimate of drug-likeness (QED) is 0.633. The molecule has 8 nitrogen and oxygen atoms in total. The van der Waals surface area contributed by atoms with Crippen molar-refractivity contribution in [1.29, 1.82) is 0 Å². The smallest absolute Gasteiger partial charge is 0.279 e. The van der Waals surface area contributed by atoms with Gasteiger partial charge in [-0.2, -0.15) is 4.31 Å². The van der Waals surface area contributed by atoms with Crippen LogP contribution in [0.15, 0.2) is 53.4 Å². The van der Waals surface area contributed by atoms with Crippen LogP contribution in [0.4, 0.5) is 8.78 Å². The van der Waals surface area contributed by atoms with Crippen LogP contribution in [-0.4, -0.2) is 43.7 Å². The molecule has 1 heterocycles. The van der Waals surface area contributed by atoms with Crippen LogP contribution in [-0.2, 0) is 19.6 Å². The summed E-state index contributed by atoms with van der Waals surface area (Å²) in [6.07, 6.45) is -0.512. The third-order valence-corrected chi connectivity index (χ3v) is 7.02. The van der Waals surface area contributed by atoms with Gasteiger partial charge >= 0.3 is 0 Å². The number of amides is 2. The molecule has 1 aliphatic rings. The fraction of sp³-hybridized carbons (Fsp3) is 0.333. The van der Waals surface area contributed by atoms with E-state index < -0.39 is 50.4 Å². The summed E-state index contributed by atoms with van der Waals surface area (Å²) in [6, 6.07) is 10.3. The number of hydrogen-bond donors (Lipinski definition) is 2. The molecule has 0 bridgehead atoms. The van der Waals surface area contributed by atoms with Crippen LogP contribution in [0.25, 0.3) is 0 Å². The molecule has 2 amide bonds.